The molecule has 1 N–H and O–H groups in total. The fourth-order valence-electron chi connectivity index (χ4n) is 5.43. The van der Waals surface area contributed by atoms with E-state index in [0.29, 0.717) is 22.3 Å². The molecule has 230 valence electrons. The van der Waals surface area contributed by atoms with Gasteiger partial charge in [-0.25, -0.2) is 8.42 Å². The van der Waals surface area contributed by atoms with E-state index in [9.17, 15) is 18.0 Å². The lowest BCUT2D eigenvalue weighted by Gasteiger charge is -2.34. The molecular formula is C33H40BrN3O5S. The maximum Gasteiger partial charge on any atom is 0.264 e. The fourth-order valence-corrected chi connectivity index (χ4v) is 7.22. The first-order valence-electron chi connectivity index (χ1n) is 14.7. The summed E-state index contributed by atoms with van der Waals surface area (Å²) in [6.45, 7) is 3.38. The minimum absolute atomic E-state index is 0.0733. The number of nitrogens with zero attached hydrogens (tertiary/aromatic N) is 2. The van der Waals surface area contributed by atoms with Crippen LogP contribution in [0.2, 0.25) is 0 Å². The van der Waals surface area contributed by atoms with Crippen molar-refractivity contribution in [3.63, 3.8) is 0 Å². The number of hydrogen-bond acceptors (Lipinski definition) is 5. The number of methoxy groups -OCH3 is 1. The van der Waals surface area contributed by atoms with E-state index in [2.05, 4.69) is 21.2 Å². The monoisotopic (exact) mass is 669 g/mol. The average Bonchev–Trinajstić information content (AvgIpc) is 3.00. The Morgan fingerprint density at radius 1 is 1.00 bits per heavy atom. The molecule has 0 bridgehead atoms. The van der Waals surface area contributed by atoms with E-state index in [0.717, 1.165) is 47.5 Å². The number of hydrogen-bond donors (Lipinski definition) is 1. The third-order valence-electron chi connectivity index (χ3n) is 7.81. The smallest absolute Gasteiger partial charge is 0.264 e. The Labute approximate surface area is 263 Å². The number of nitrogens with one attached hydrogen (secondary N) is 1. The van der Waals surface area contributed by atoms with Crippen molar-refractivity contribution in [3.05, 3.63) is 88.4 Å². The van der Waals surface area contributed by atoms with Crippen LogP contribution >= 0.6 is 15.9 Å². The predicted octanol–water partition coefficient (Wildman–Crippen LogP) is 6.22. The van der Waals surface area contributed by atoms with E-state index in [-0.39, 0.29) is 23.4 Å². The van der Waals surface area contributed by atoms with Gasteiger partial charge in [-0.2, -0.15) is 0 Å². The Balaban J connectivity index is 1.71. The van der Waals surface area contributed by atoms with Gasteiger partial charge in [-0.15, -0.1) is 0 Å². The van der Waals surface area contributed by atoms with Crippen LogP contribution in [0.15, 0.2) is 82.2 Å². The minimum atomic E-state index is -4.13. The van der Waals surface area contributed by atoms with Crippen molar-refractivity contribution in [1.82, 2.24) is 10.2 Å². The fraction of sp³-hybridized carbons (Fsp3) is 0.394. The molecule has 1 aliphatic carbocycles. The summed E-state index contributed by atoms with van der Waals surface area (Å²) in [6.07, 6.45) is 5.48. The van der Waals surface area contributed by atoms with Gasteiger partial charge in [0.2, 0.25) is 11.8 Å². The number of rotatable bonds is 12. The van der Waals surface area contributed by atoms with Gasteiger partial charge in [-0.3, -0.25) is 13.9 Å². The summed E-state index contributed by atoms with van der Waals surface area (Å²) in [5.74, 6) is -0.0764. The number of aryl methyl sites for hydroxylation is 1. The number of amides is 2. The summed E-state index contributed by atoms with van der Waals surface area (Å²) in [5, 5.41) is 3.17. The van der Waals surface area contributed by atoms with Crippen LogP contribution in [0.1, 0.15) is 56.6 Å². The summed E-state index contributed by atoms with van der Waals surface area (Å²) < 4.78 is 35.3. The number of carbonyl (C=O) groups is 2. The highest BCUT2D eigenvalue weighted by atomic mass is 79.9. The van der Waals surface area contributed by atoms with Crippen molar-refractivity contribution in [1.29, 1.82) is 0 Å². The molecule has 0 heterocycles. The Kier molecular flexibility index (Phi) is 11.3. The first-order chi connectivity index (χ1) is 20.6. The van der Waals surface area contributed by atoms with Crippen molar-refractivity contribution in [2.45, 2.75) is 75.9 Å². The normalized spacial score (nSPS) is 14.5. The molecule has 43 heavy (non-hydrogen) atoms. The second-order valence-corrected chi connectivity index (χ2v) is 13.7. The molecule has 1 fully saturated rings. The third-order valence-corrected chi connectivity index (χ3v) is 10.1. The van der Waals surface area contributed by atoms with Crippen LogP contribution in [0.5, 0.6) is 5.75 Å². The summed E-state index contributed by atoms with van der Waals surface area (Å²) in [6, 6.07) is 20.0. The molecule has 8 nitrogen and oxygen atoms in total. The molecule has 3 aromatic rings. The van der Waals surface area contributed by atoms with E-state index in [4.69, 9.17) is 4.74 Å². The minimum Gasteiger partial charge on any atom is -0.497 e. The molecule has 0 radical (unpaired) electrons. The largest absolute Gasteiger partial charge is 0.497 e. The molecule has 0 aromatic heterocycles. The lowest BCUT2D eigenvalue weighted by Crippen LogP contribution is -2.54. The zero-order chi connectivity index (χ0) is 31.0. The zero-order valence-corrected chi connectivity index (χ0v) is 27.4. The van der Waals surface area contributed by atoms with Crippen molar-refractivity contribution < 1.29 is 22.7 Å². The molecule has 0 unspecified atom stereocenters. The molecule has 10 heteroatoms. The number of anilines is 1. The highest BCUT2D eigenvalue weighted by Gasteiger charge is 2.34. The molecule has 4 rings (SSSR count). The summed E-state index contributed by atoms with van der Waals surface area (Å²) in [7, 11) is -2.56. The third kappa shape index (κ3) is 8.38. The Morgan fingerprint density at radius 3 is 2.35 bits per heavy atom. The number of carbonyl (C=O) groups excluding carboxylic acids is 2. The van der Waals surface area contributed by atoms with E-state index in [1.165, 1.54) is 4.90 Å². The van der Waals surface area contributed by atoms with Crippen LogP contribution in [0.4, 0.5) is 5.69 Å². The number of benzene rings is 3. The van der Waals surface area contributed by atoms with Gasteiger partial charge in [0.15, 0.2) is 0 Å². The summed E-state index contributed by atoms with van der Waals surface area (Å²) in [5.41, 5.74) is 2.03. The zero-order valence-electron chi connectivity index (χ0n) is 25.0. The van der Waals surface area contributed by atoms with Crippen LogP contribution in [-0.4, -0.2) is 50.9 Å². The van der Waals surface area contributed by atoms with Crippen LogP contribution < -0.4 is 14.4 Å². The second-order valence-electron chi connectivity index (χ2n) is 10.9. The standard InChI is InChI=1S/C33H40BrN3O5S/c1-4-31(33(39)35-27-12-6-5-7-13-27)36(22-25-10-8-15-29(20-25)42-3)32(38)23-37(28-14-9-11-26(34)21-28)43(40,41)30-18-16-24(2)17-19-30/h8-11,14-21,27,31H,4-7,12-13,22-23H2,1-3H3,(H,35,39)/t31-/m1/s1. The van der Waals surface area contributed by atoms with Gasteiger partial charge in [-0.1, -0.05) is 78.0 Å². The molecule has 1 atom stereocenters. The van der Waals surface area contributed by atoms with Gasteiger partial charge in [0.05, 0.1) is 17.7 Å². The topological polar surface area (TPSA) is 96.0 Å². The van der Waals surface area contributed by atoms with E-state index < -0.39 is 28.5 Å². The SMILES string of the molecule is CC[C@H](C(=O)NC1CCCCC1)N(Cc1cccc(OC)c1)C(=O)CN(c1cccc(Br)c1)S(=O)(=O)c1ccc(C)cc1. The number of ether oxygens (including phenoxy) is 1. The van der Waals surface area contributed by atoms with Gasteiger partial charge in [-0.05, 0) is 74.2 Å². The molecule has 0 aliphatic heterocycles. The Morgan fingerprint density at radius 2 is 1.70 bits per heavy atom. The highest BCUT2D eigenvalue weighted by molar-refractivity contribution is 9.10. The van der Waals surface area contributed by atoms with Crippen molar-refractivity contribution in [2.24, 2.45) is 0 Å². The molecule has 2 amide bonds. The first-order valence-corrected chi connectivity index (χ1v) is 16.9. The van der Waals surface area contributed by atoms with Crippen molar-refractivity contribution in [2.75, 3.05) is 18.0 Å². The average molecular weight is 671 g/mol. The Bertz CT molecular complexity index is 1510. The number of halogens is 1. The summed E-state index contributed by atoms with van der Waals surface area (Å²) >= 11 is 3.43. The van der Waals surface area contributed by atoms with E-state index >= 15 is 0 Å². The van der Waals surface area contributed by atoms with Gasteiger partial charge >= 0.3 is 0 Å². The van der Waals surface area contributed by atoms with Crippen LogP contribution in [-0.2, 0) is 26.2 Å². The maximum atomic E-state index is 14.3. The van der Waals surface area contributed by atoms with Crippen LogP contribution in [0, 0.1) is 6.92 Å². The second kappa shape index (κ2) is 14.9. The predicted molar refractivity (Wildman–Crippen MR) is 172 cm³/mol. The van der Waals surface area contributed by atoms with Gasteiger partial charge < -0.3 is 15.0 Å². The summed E-state index contributed by atoms with van der Waals surface area (Å²) in [4.78, 5) is 29.6. The van der Waals surface area contributed by atoms with E-state index in [1.54, 1.807) is 55.6 Å². The van der Waals surface area contributed by atoms with Crippen LogP contribution in [0.3, 0.4) is 0 Å². The van der Waals surface area contributed by atoms with Crippen LogP contribution in [0.25, 0.3) is 0 Å². The molecule has 3 aromatic carbocycles. The molecule has 1 aliphatic rings. The lowest BCUT2D eigenvalue weighted by atomic mass is 9.95. The number of sulfonamides is 1. The van der Waals surface area contributed by atoms with Crippen molar-refractivity contribution in [3.8, 4) is 5.75 Å². The molecule has 0 spiro atoms. The molecule has 1 saturated carbocycles. The maximum absolute atomic E-state index is 14.3. The first kappa shape index (κ1) is 32.5. The lowest BCUT2D eigenvalue weighted by molar-refractivity contribution is -0.140. The Hall–Kier alpha value is -3.37. The molecule has 0 saturated heterocycles. The molecular weight excluding hydrogens is 630 g/mol. The highest BCUT2D eigenvalue weighted by Crippen LogP contribution is 2.28. The quantitative estimate of drug-likeness (QED) is 0.247. The van der Waals surface area contributed by atoms with Crippen molar-refractivity contribution >= 4 is 43.5 Å². The van der Waals surface area contributed by atoms with Gasteiger partial charge in [0.25, 0.3) is 10.0 Å². The van der Waals surface area contributed by atoms with Gasteiger partial charge in [0.1, 0.15) is 18.3 Å². The van der Waals surface area contributed by atoms with Gasteiger partial charge in [0, 0.05) is 17.1 Å². The van der Waals surface area contributed by atoms with E-state index in [1.807, 2.05) is 38.1 Å².